The van der Waals surface area contributed by atoms with Gasteiger partial charge in [0, 0.05) is 38.8 Å². The second-order valence-corrected chi connectivity index (χ2v) is 11.5. The standard InChI is InChI=1S/C26H43N5O16S/c1-2-27-19(32)8-6-16(25(39)40)29-22(35)14-47-13-12-46-11-10-28-20(33)9-7-17(26(41)42)31-24(38)18(15-48(43,44)45)30-21(34)4-3-5-23(36)37/h16-18H,2-15H2,1H3,(H,27,32)(H,28,33)(H,29,35)(H,30,34)(H,31,38)(H,36,37)(H,39,40)(H,41,42)(H,43,44,45). The zero-order chi connectivity index (χ0) is 36.7. The van der Waals surface area contributed by atoms with E-state index in [0.717, 1.165) is 0 Å². The van der Waals surface area contributed by atoms with Gasteiger partial charge in [-0.05, 0) is 26.2 Å². The minimum atomic E-state index is -4.82. The summed E-state index contributed by atoms with van der Waals surface area (Å²) in [5, 5.41) is 38.5. The number of carbonyl (C=O) groups is 8. The van der Waals surface area contributed by atoms with Gasteiger partial charge in [-0.25, -0.2) is 9.59 Å². The first-order valence-corrected chi connectivity index (χ1v) is 16.3. The molecule has 22 heteroatoms. The van der Waals surface area contributed by atoms with E-state index in [2.05, 4.69) is 16.0 Å². The van der Waals surface area contributed by atoms with Gasteiger partial charge in [0.15, 0.2) is 0 Å². The lowest BCUT2D eigenvalue weighted by atomic mass is 10.1. The maximum atomic E-state index is 12.6. The second-order valence-electron chi connectivity index (χ2n) is 10.0. The highest BCUT2D eigenvalue weighted by Crippen LogP contribution is 2.03. The molecular formula is C26H43N5O16S. The Balaban J connectivity index is 4.49. The van der Waals surface area contributed by atoms with E-state index >= 15 is 0 Å². The Labute approximate surface area is 275 Å². The Morgan fingerprint density at radius 1 is 0.646 bits per heavy atom. The lowest BCUT2D eigenvalue weighted by Crippen LogP contribution is -2.54. The molecule has 0 aliphatic rings. The minimum absolute atomic E-state index is 0.00333. The maximum absolute atomic E-state index is 12.6. The zero-order valence-electron chi connectivity index (χ0n) is 26.2. The van der Waals surface area contributed by atoms with Crippen molar-refractivity contribution in [2.75, 3.05) is 45.3 Å². The van der Waals surface area contributed by atoms with Crippen molar-refractivity contribution in [3.63, 3.8) is 0 Å². The van der Waals surface area contributed by atoms with Crippen LogP contribution in [0.3, 0.4) is 0 Å². The van der Waals surface area contributed by atoms with Gasteiger partial charge in [0.25, 0.3) is 10.1 Å². The zero-order valence-corrected chi connectivity index (χ0v) is 27.0. The Hall–Kier alpha value is -4.41. The molecule has 0 saturated carbocycles. The SMILES string of the molecule is CCNC(=O)CCC(NC(=O)COCCOCCNC(=O)CCC(NC(=O)C(CS(=O)(=O)O)NC(=O)CCCC(=O)O)C(=O)O)C(=O)O. The van der Waals surface area contributed by atoms with Crippen molar-refractivity contribution in [2.24, 2.45) is 0 Å². The summed E-state index contributed by atoms with van der Waals surface area (Å²) in [6.07, 6.45) is -1.95. The van der Waals surface area contributed by atoms with Crippen LogP contribution < -0.4 is 26.6 Å². The number of carboxylic acids is 3. The molecule has 0 rings (SSSR count). The molecule has 0 spiro atoms. The monoisotopic (exact) mass is 713 g/mol. The van der Waals surface area contributed by atoms with E-state index in [-0.39, 0.29) is 58.0 Å². The number of carboxylic acid groups (broad SMARTS) is 3. The summed E-state index contributed by atoms with van der Waals surface area (Å²) in [5.74, 6) is -9.26. The van der Waals surface area contributed by atoms with Crippen LogP contribution in [0.15, 0.2) is 0 Å². The molecule has 21 nitrogen and oxygen atoms in total. The van der Waals surface area contributed by atoms with E-state index in [0.29, 0.717) is 6.54 Å². The molecule has 3 unspecified atom stereocenters. The maximum Gasteiger partial charge on any atom is 0.326 e. The van der Waals surface area contributed by atoms with Crippen molar-refractivity contribution in [2.45, 2.75) is 70.0 Å². The highest BCUT2D eigenvalue weighted by molar-refractivity contribution is 7.85. The number of ether oxygens (including phenoxy) is 2. The van der Waals surface area contributed by atoms with E-state index in [1.807, 2.05) is 10.6 Å². The lowest BCUT2D eigenvalue weighted by Gasteiger charge is -2.20. The van der Waals surface area contributed by atoms with Gasteiger partial charge >= 0.3 is 17.9 Å². The molecule has 0 bridgehead atoms. The molecule has 3 atom stereocenters. The van der Waals surface area contributed by atoms with Crippen LogP contribution in [0.2, 0.25) is 0 Å². The summed E-state index contributed by atoms with van der Waals surface area (Å²) >= 11 is 0. The van der Waals surface area contributed by atoms with Crippen LogP contribution >= 0.6 is 0 Å². The van der Waals surface area contributed by atoms with Crippen LogP contribution in [0.1, 0.15) is 51.9 Å². The van der Waals surface area contributed by atoms with Gasteiger partial charge in [0.2, 0.25) is 29.5 Å². The molecule has 0 aromatic carbocycles. The number of rotatable bonds is 27. The molecular weight excluding hydrogens is 670 g/mol. The number of carbonyl (C=O) groups excluding carboxylic acids is 5. The number of aliphatic carboxylic acids is 3. The van der Waals surface area contributed by atoms with Crippen LogP contribution in [0, 0.1) is 0 Å². The predicted molar refractivity (Wildman–Crippen MR) is 161 cm³/mol. The first-order chi connectivity index (χ1) is 22.4. The van der Waals surface area contributed by atoms with Gasteiger partial charge in [-0.2, -0.15) is 8.42 Å². The third-order valence-electron chi connectivity index (χ3n) is 5.94. The molecule has 0 saturated heterocycles. The largest absolute Gasteiger partial charge is 0.481 e. The van der Waals surface area contributed by atoms with Crippen LogP contribution in [0.25, 0.3) is 0 Å². The van der Waals surface area contributed by atoms with Gasteiger partial charge in [0.1, 0.15) is 30.5 Å². The second kappa shape index (κ2) is 23.8. The fourth-order valence-corrected chi connectivity index (χ4v) is 4.31. The van der Waals surface area contributed by atoms with Gasteiger partial charge in [-0.15, -0.1) is 0 Å². The van der Waals surface area contributed by atoms with E-state index in [9.17, 15) is 57.0 Å². The Morgan fingerprint density at radius 3 is 1.73 bits per heavy atom. The molecule has 0 aliphatic heterocycles. The summed E-state index contributed by atoms with van der Waals surface area (Å²) in [4.78, 5) is 93.6. The molecule has 0 heterocycles. The molecule has 5 amide bonds. The van der Waals surface area contributed by atoms with Crippen molar-refractivity contribution in [1.29, 1.82) is 0 Å². The van der Waals surface area contributed by atoms with Gasteiger partial charge in [0.05, 0.1) is 19.8 Å². The first-order valence-electron chi connectivity index (χ1n) is 14.7. The van der Waals surface area contributed by atoms with Crippen LogP contribution in [0.5, 0.6) is 0 Å². The van der Waals surface area contributed by atoms with Crippen LogP contribution in [-0.2, 0) is 57.9 Å². The normalized spacial score (nSPS) is 12.9. The molecule has 9 N–H and O–H groups in total. The number of hydrogen-bond donors (Lipinski definition) is 9. The number of amides is 5. The minimum Gasteiger partial charge on any atom is -0.481 e. The topological polar surface area (TPSA) is 330 Å². The van der Waals surface area contributed by atoms with Crippen molar-refractivity contribution in [1.82, 2.24) is 26.6 Å². The molecule has 48 heavy (non-hydrogen) atoms. The average molecular weight is 714 g/mol. The van der Waals surface area contributed by atoms with Crippen molar-refractivity contribution in [3.05, 3.63) is 0 Å². The fourth-order valence-electron chi connectivity index (χ4n) is 3.66. The van der Waals surface area contributed by atoms with Crippen LogP contribution in [-0.4, -0.2) is 139 Å². The molecule has 0 aromatic heterocycles. The lowest BCUT2D eigenvalue weighted by molar-refractivity contribution is -0.143. The summed E-state index contributed by atoms with van der Waals surface area (Å²) in [6.45, 7) is 1.54. The summed E-state index contributed by atoms with van der Waals surface area (Å²) in [7, 11) is -4.82. The van der Waals surface area contributed by atoms with Crippen molar-refractivity contribution < 1.29 is 76.1 Å². The summed E-state index contributed by atoms with van der Waals surface area (Å²) in [6, 6.07) is -4.87. The molecule has 0 aliphatic carbocycles. The third kappa shape index (κ3) is 23.0. The van der Waals surface area contributed by atoms with E-state index in [1.165, 1.54) is 0 Å². The third-order valence-corrected chi connectivity index (χ3v) is 6.69. The fraction of sp³-hybridized carbons (Fsp3) is 0.692. The predicted octanol–water partition coefficient (Wildman–Crippen LogP) is -3.40. The molecule has 0 aromatic rings. The Bertz CT molecular complexity index is 1230. The number of nitrogens with one attached hydrogen (secondary N) is 5. The van der Waals surface area contributed by atoms with E-state index in [4.69, 9.17) is 19.1 Å². The van der Waals surface area contributed by atoms with Crippen LogP contribution in [0.4, 0.5) is 0 Å². The van der Waals surface area contributed by atoms with Gasteiger partial charge in [-0.3, -0.25) is 33.3 Å². The van der Waals surface area contributed by atoms with Gasteiger partial charge in [-0.1, -0.05) is 0 Å². The first kappa shape index (κ1) is 43.6. The Kier molecular flexibility index (Phi) is 21.6. The van der Waals surface area contributed by atoms with Crippen molar-refractivity contribution in [3.8, 4) is 0 Å². The summed E-state index contributed by atoms with van der Waals surface area (Å²) in [5.41, 5.74) is 0. The quantitative estimate of drug-likeness (QED) is 0.0296. The molecule has 0 radical (unpaired) electrons. The number of hydrogen-bond acceptors (Lipinski definition) is 12. The smallest absolute Gasteiger partial charge is 0.326 e. The molecule has 274 valence electrons. The highest BCUT2D eigenvalue weighted by Gasteiger charge is 2.30. The van der Waals surface area contributed by atoms with Gasteiger partial charge < -0.3 is 51.4 Å². The van der Waals surface area contributed by atoms with Crippen molar-refractivity contribution >= 4 is 57.6 Å². The average Bonchev–Trinajstić information content (AvgIpc) is 2.97. The van der Waals surface area contributed by atoms with E-state index in [1.54, 1.807) is 6.92 Å². The summed E-state index contributed by atoms with van der Waals surface area (Å²) < 4.78 is 42.1. The molecule has 0 fully saturated rings. The highest BCUT2D eigenvalue weighted by atomic mass is 32.2. The van der Waals surface area contributed by atoms with E-state index < -0.39 is 101 Å². The Morgan fingerprint density at radius 2 is 1.19 bits per heavy atom.